The Hall–Kier alpha value is -0.310. The zero-order valence-electron chi connectivity index (χ0n) is 6.93. The maximum atomic E-state index is 11.1. The predicted octanol–water partition coefficient (Wildman–Crippen LogP) is 1.71. The van der Waals surface area contributed by atoms with Gasteiger partial charge in [0.25, 0.3) is 0 Å². The lowest BCUT2D eigenvalue weighted by Gasteiger charge is -2.12. The van der Waals surface area contributed by atoms with Gasteiger partial charge in [0, 0.05) is 6.54 Å². The first-order valence-electron chi connectivity index (χ1n) is 3.62. The van der Waals surface area contributed by atoms with Crippen LogP contribution in [0.3, 0.4) is 0 Å². The Kier molecular flexibility index (Phi) is 5.20. The van der Waals surface area contributed by atoms with E-state index in [0.717, 1.165) is 0 Å². The molecule has 0 aromatic rings. The Morgan fingerprint density at radius 1 is 1.73 bits per heavy atom. The van der Waals surface area contributed by atoms with Crippen LogP contribution in [-0.4, -0.2) is 17.3 Å². The van der Waals surface area contributed by atoms with E-state index < -0.39 is 0 Å². The highest BCUT2D eigenvalue weighted by molar-refractivity contribution is 9.10. The first-order chi connectivity index (χ1) is 5.09. The Labute approximate surface area is 76.2 Å². The molecule has 1 amide bonds. The van der Waals surface area contributed by atoms with Crippen molar-refractivity contribution in [3.63, 3.8) is 0 Å². The molecule has 11 heavy (non-hydrogen) atoms. The van der Waals surface area contributed by atoms with Crippen molar-refractivity contribution in [2.75, 3.05) is 6.54 Å². The molecule has 0 saturated carbocycles. The van der Waals surface area contributed by atoms with Crippen LogP contribution in [0.15, 0.2) is 12.7 Å². The topological polar surface area (TPSA) is 29.1 Å². The Morgan fingerprint density at radius 2 is 2.27 bits per heavy atom. The lowest BCUT2D eigenvalue weighted by atomic mass is 10.1. The zero-order valence-corrected chi connectivity index (χ0v) is 8.52. The van der Waals surface area contributed by atoms with Crippen molar-refractivity contribution in [1.29, 1.82) is 0 Å². The van der Waals surface area contributed by atoms with Crippen molar-refractivity contribution < 1.29 is 4.79 Å². The van der Waals surface area contributed by atoms with Crippen LogP contribution in [-0.2, 0) is 4.79 Å². The largest absolute Gasteiger partial charge is 0.352 e. The van der Waals surface area contributed by atoms with Crippen LogP contribution in [0.25, 0.3) is 0 Å². The SMILES string of the molecule is C=CCNC(=O)[C@H](Br)C(C)C. The van der Waals surface area contributed by atoms with Crippen LogP contribution in [0.4, 0.5) is 0 Å². The molecule has 0 saturated heterocycles. The molecule has 1 N–H and O–H groups in total. The standard InChI is InChI=1S/C8H14BrNO/c1-4-5-10-8(11)7(9)6(2)3/h4,6-7H,1,5H2,2-3H3,(H,10,11)/t7-/m1/s1. The van der Waals surface area contributed by atoms with Gasteiger partial charge in [-0.15, -0.1) is 6.58 Å². The second kappa shape index (κ2) is 5.35. The van der Waals surface area contributed by atoms with E-state index in [4.69, 9.17) is 0 Å². The lowest BCUT2D eigenvalue weighted by molar-refractivity contribution is -0.120. The minimum absolute atomic E-state index is 0.0277. The number of hydrogen-bond acceptors (Lipinski definition) is 1. The number of halogens is 1. The summed E-state index contributed by atoms with van der Waals surface area (Å²) in [6, 6.07) is 0. The summed E-state index contributed by atoms with van der Waals surface area (Å²) in [5, 5.41) is 2.71. The molecular formula is C8H14BrNO. The van der Waals surface area contributed by atoms with Gasteiger partial charge in [-0.1, -0.05) is 35.9 Å². The third-order valence-corrected chi connectivity index (χ3v) is 2.73. The van der Waals surface area contributed by atoms with E-state index in [-0.39, 0.29) is 10.7 Å². The third kappa shape index (κ3) is 4.19. The van der Waals surface area contributed by atoms with Gasteiger partial charge < -0.3 is 5.32 Å². The summed E-state index contributed by atoms with van der Waals surface area (Å²) in [6.07, 6.45) is 1.66. The first-order valence-corrected chi connectivity index (χ1v) is 4.53. The highest BCUT2D eigenvalue weighted by atomic mass is 79.9. The zero-order chi connectivity index (χ0) is 8.85. The quantitative estimate of drug-likeness (QED) is 0.567. The predicted molar refractivity (Wildman–Crippen MR) is 50.8 cm³/mol. The van der Waals surface area contributed by atoms with Gasteiger partial charge in [-0.05, 0) is 5.92 Å². The molecule has 0 aliphatic rings. The summed E-state index contributed by atoms with van der Waals surface area (Å²) in [4.78, 5) is 11.0. The summed E-state index contributed by atoms with van der Waals surface area (Å²) < 4.78 is 0. The second-order valence-corrected chi connectivity index (χ2v) is 3.67. The van der Waals surface area contributed by atoms with Crippen molar-refractivity contribution in [1.82, 2.24) is 5.32 Å². The van der Waals surface area contributed by atoms with Gasteiger partial charge in [0.1, 0.15) is 0 Å². The third-order valence-electron chi connectivity index (χ3n) is 1.26. The summed E-state index contributed by atoms with van der Waals surface area (Å²) in [7, 11) is 0. The van der Waals surface area contributed by atoms with Gasteiger partial charge in [0.05, 0.1) is 4.83 Å². The number of rotatable bonds is 4. The van der Waals surface area contributed by atoms with Crippen LogP contribution in [0.1, 0.15) is 13.8 Å². The van der Waals surface area contributed by atoms with Crippen molar-refractivity contribution in [3.8, 4) is 0 Å². The molecule has 0 aliphatic carbocycles. The second-order valence-electron chi connectivity index (χ2n) is 2.68. The summed E-state index contributed by atoms with van der Waals surface area (Å²) >= 11 is 3.29. The van der Waals surface area contributed by atoms with Gasteiger partial charge in [-0.2, -0.15) is 0 Å². The molecule has 2 nitrogen and oxygen atoms in total. The van der Waals surface area contributed by atoms with E-state index in [9.17, 15) is 4.79 Å². The number of carbonyl (C=O) groups excluding carboxylic acids is 1. The molecule has 0 aromatic heterocycles. The highest BCUT2D eigenvalue weighted by Gasteiger charge is 2.16. The Morgan fingerprint density at radius 3 is 2.64 bits per heavy atom. The number of hydrogen-bond donors (Lipinski definition) is 1. The fraction of sp³-hybridized carbons (Fsp3) is 0.625. The first kappa shape index (κ1) is 10.7. The van der Waals surface area contributed by atoms with E-state index in [1.165, 1.54) is 0 Å². The van der Waals surface area contributed by atoms with Crippen molar-refractivity contribution >= 4 is 21.8 Å². The number of amides is 1. The molecule has 0 fully saturated rings. The van der Waals surface area contributed by atoms with Crippen LogP contribution < -0.4 is 5.32 Å². The normalized spacial score (nSPS) is 12.7. The molecule has 0 spiro atoms. The minimum Gasteiger partial charge on any atom is -0.352 e. The van der Waals surface area contributed by atoms with Crippen molar-refractivity contribution in [2.24, 2.45) is 5.92 Å². The molecular weight excluding hydrogens is 206 g/mol. The molecule has 0 unspecified atom stereocenters. The average Bonchev–Trinajstić information content (AvgIpc) is 1.98. The van der Waals surface area contributed by atoms with Crippen molar-refractivity contribution in [2.45, 2.75) is 18.7 Å². The van der Waals surface area contributed by atoms with Gasteiger partial charge in [0.15, 0.2) is 0 Å². The molecule has 0 aliphatic heterocycles. The summed E-state index contributed by atoms with van der Waals surface area (Å²) in [6.45, 7) is 8.03. The Bertz CT molecular complexity index is 145. The molecule has 3 heteroatoms. The van der Waals surface area contributed by atoms with E-state index >= 15 is 0 Å². The van der Waals surface area contributed by atoms with E-state index in [1.807, 2.05) is 13.8 Å². The summed E-state index contributed by atoms with van der Waals surface area (Å²) in [5.41, 5.74) is 0. The monoisotopic (exact) mass is 219 g/mol. The van der Waals surface area contributed by atoms with Gasteiger partial charge in [-0.3, -0.25) is 4.79 Å². The maximum Gasteiger partial charge on any atom is 0.234 e. The highest BCUT2D eigenvalue weighted by Crippen LogP contribution is 2.11. The van der Waals surface area contributed by atoms with Crippen molar-refractivity contribution in [3.05, 3.63) is 12.7 Å². The molecule has 0 aromatic carbocycles. The molecule has 0 heterocycles. The van der Waals surface area contributed by atoms with Crippen LogP contribution in [0.5, 0.6) is 0 Å². The van der Waals surface area contributed by atoms with Crippen LogP contribution in [0, 0.1) is 5.92 Å². The summed E-state index contributed by atoms with van der Waals surface area (Å²) in [5.74, 6) is 0.347. The van der Waals surface area contributed by atoms with Gasteiger partial charge in [0.2, 0.25) is 5.91 Å². The molecule has 0 rings (SSSR count). The van der Waals surface area contributed by atoms with E-state index in [0.29, 0.717) is 12.5 Å². The molecule has 0 radical (unpaired) electrons. The Balaban J connectivity index is 3.73. The van der Waals surface area contributed by atoms with Gasteiger partial charge >= 0.3 is 0 Å². The fourth-order valence-corrected chi connectivity index (χ4v) is 0.735. The van der Waals surface area contributed by atoms with Gasteiger partial charge in [-0.25, -0.2) is 0 Å². The van der Waals surface area contributed by atoms with Crippen LogP contribution >= 0.6 is 15.9 Å². The molecule has 0 bridgehead atoms. The average molecular weight is 220 g/mol. The van der Waals surface area contributed by atoms with E-state index in [2.05, 4.69) is 27.8 Å². The minimum atomic E-state index is -0.0950. The molecule has 64 valence electrons. The number of alkyl halides is 1. The lowest BCUT2D eigenvalue weighted by Crippen LogP contribution is -2.33. The number of nitrogens with one attached hydrogen (secondary N) is 1. The van der Waals surface area contributed by atoms with E-state index in [1.54, 1.807) is 6.08 Å². The maximum absolute atomic E-state index is 11.1. The molecule has 1 atom stereocenters. The van der Waals surface area contributed by atoms with Crippen LogP contribution in [0.2, 0.25) is 0 Å². The fourth-order valence-electron chi connectivity index (χ4n) is 0.573. The smallest absolute Gasteiger partial charge is 0.234 e. The number of carbonyl (C=O) groups is 1.